The molecule has 2 aromatic rings. The number of sulfonamides is 1. The summed E-state index contributed by atoms with van der Waals surface area (Å²) in [5, 5.41) is 2.82. The van der Waals surface area contributed by atoms with Crippen LogP contribution in [0, 0.1) is 3.57 Å². The first-order valence-corrected chi connectivity index (χ1v) is 13.7. The first-order valence-electron chi connectivity index (χ1n) is 9.96. The molecule has 0 saturated heterocycles. The fourth-order valence-electron chi connectivity index (χ4n) is 3.04. The van der Waals surface area contributed by atoms with Crippen LogP contribution in [-0.4, -0.2) is 50.0 Å². The van der Waals surface area contributed by atoms with Crippen LogP contribution in [0.3, 0.4) is 0 Å². The van der Waals surface area contributed by atoms with E-state index < -0.39 is 28.5 Å². The minimum atomic E-state index is -3.73. The summed E-state index contributed by atoms with van der Waals surface area (Å²) in [6.07, 6.45) is 1.06. The van der Waals surface area contributed by atoms with Gasteiger partial charge in [0.25, 0.3) is 0 Å². The van der Waals surface area contributed by atoms with E-state index in [1.165, 1.54) is 4.90 Å². The average Bonchev–Trinajstić information content (AvgIpc) is 2.69. The van der Waals surface area contributed by atoms with Gasteiger partial charge in [-0.05, 0) is 85.3 Å². The quantitative estimate of drug-likeness (QED) is 0.425. The maximum atomic E-state index is 13.4. The molecule has 0 heterocycles. The lowest BCUT2D eigenvalue weighted by atomic mass is 10.1. The van der Waals surface area contributed by atoms with Crippen molar-refractivity contribution < 1.29 is 18.0 Å². The molecule has 0 aromatic heterocycles. The lowest BCUT2D eigenvalue weighted by Crippen LogP contribution is -2.52. The molecule has 1 atom stereocenters. The Kier molecular flexibility index (Phi) is 9.53. The van der Waals surface area contributed by atoms with Crippen LogP contribution in [0.5, 0.6) is 0 Å². The number of carbonyl (C=O) groups is 2. The molecular formula is C22H27BrIN3O4S. The minimum Gasteiger partial charge on any atom is -0.352 e. The highest BCUT2D eigenvalue weighted by molar-refractivity contribution is 14.1. The predicted molar refractivity (Wildman–Crippen MR) is 139 cm³/mol. The van der Waals surface area contributed by atoms with Crippen molar-refractivity contribution in [1.29, 1.82) is 0 Å². The zero-order valence-corrected chi connectivity index (χ0v) is 22.9. The number of anilines is 1. The molecule has 10 heteroatoms. The highest BCUT2D eigenvalue weighted by Gasteiger charge is 2.30. The summed E-state index contributed by atoms with van der Waals surface area (Å²) in [5.41, 5.74) is 1.21. The Bertz CT molecular complexity index is 1060. The Morgan fingerprint density at radius 2 is 1.72 bits per heavy atom. The summed E-state index contributed by atoms with van der Waals surface area (Å²) in [4.78, 5) is 27.5. The number of rotatable bonds is 9. The fourth-order valence-corrected chi connectivity index (χ4v) is 4.70. The Balaban J connectivity index is 2.38. The fraction of sp³-hybridized carbons (Fsp3) is 0.364. The molecule has 1 N–H and O–H groups in total. The molecule has 0 bridgehead atoms. The third-order valence-corrected chi connectivity index (χ3v) is 6.99. The molecular weight excluding hydrogens is 609 g/mol. The van der Waals surface area contributed by atoms with Crippen molar-refractivity contribution in [2.45, 2.75) is 39.4 Å². The van der Waals surface area contributed by atoms with Crippen LogP contribution in [0.1, 0.15) is 26.3 Å². The van der Waals surface area contributed by atoms with E-state index in [9.17, 15) is 18.0 Å². The summed E-state index contributed by atoms with van der Waals surface area (Å²) in [6.45, 7) is 5.08. The molecule has 0 fully saturated rings. The molecule has 0 aliphatic heterocycles. The number of nitrogens with zero attached hydrogens (tertiary/aromatic N) is 2. The van der Waals surface area contributed by atoms with E-state index >= 15 is 0 Å². The molecule has 2 amide bonds. The van der Waals surface area contributed by atoms with Gasteiger partial charge in [0.15, 0.2) is 0 Å². The van der Waals surface area contributed by atoms with Gasteiger partial charge in [-0.25, -0.2) is 8.42 Å². The molecule has 32 heavy (non-hydrogen) atoms. The van der Waals surface area contributed by atoms with E-state index in [-0.39, 0.29) is 18.5 Å². The van der Waals surface area contributed by atoms with Gasteiger partial charge in [-0.1, -0.05) is 28.1 Å². The first-order chi connectivity index (χ1) is 14.9. The molecule has 0 saturated carbocycles. The predicted octanol–water partition coefficient (Wildman–Crippen LogP) is 3.76. The number of nitrogens with one attached hydrogen (secondary N) is 1. The van der Waals surface area contributed by atoms with Gasteiger partial charge >= 0.3 is 0 Å². The number of carbonyl (C=O) groups excluding carboxylic acids is 2. The lowest BCUT2D eigenvalue weighted by molar-refractivity contribution is -0.139. The van der Waals surface area contributed by atoms with Gasteiger partial charge in [-0.3, -0.25) is 13.9 Å². The maximum Gasteiger partial charge on any atom is 0.244 e. The van der Waals surface area contributed by atoms with Gasteiger partial charge in [0.05, 0.1) is 11.9 Å². The van der Waals surface area contributed by atoms with Gasteiger partial charge in [-0.2, -0.15) is 0 Å². The van der Waals surface area contributed by atoms with E-state index in [2.05, 4.69) is 43.8 Å². The first kappa shape index (κ1) is 26.6. The molecule has 0 spiro atoms. The van der Waals surface area contributed by atoms with E-state index in [0.29, 0.717) is 5.69 Å². The van der Waals surface area contributed by atoms with Gasteiger partial charge in [0.1, 0.15) is 12.6 Å². The molecule has 7 nitrogen and oxygen atoms in total. The SMILES string of the molecule is CC(C)NC(=O)[C@@H](C)N(Cc1cccc(Br)c1)C(=O)CN(c1ccc(I)cc1)S(C)(=O)=O. The van der Waals surface area contributed by atoms with Crippen molar-refractivity contribution in [3.63, 3.8) is 0 Å². The normalized spacial score (nSPS) is 12.3. The third kappa shape index (κ3) is 7.73. The monoisotopic (exact) mass is 635 g/mol. The van der Waals surface area contributed by atoms with Gasteiger partial charge < -0.3 is 10.2 Å². The molecule has 0 aliphatic carbocycles. The second-order valence-corrected chi connectivity index (χ2v) is 11.8. The number of benzene rings is 2. The largest absolute Gasteiger partial charge is 0.352 e. The van der Waals surface area contributed by atoms with Crippen LogP contribution in [0.25, 0.3) is 0 Å². The zero-order valence-electron chi connectivity index (χ0n) is 18.4. The Morgan fingerprint density at radius 1 is 1.09 bits per heavy atom. The number of hydrogen-bond donors (Lipinski definition) is 1. The average molecular weight is 636 g/mol. The van der Waals surface area contributed by atoms with Crippen LogP contribution >= 0.6 is 38.5 Å². The smallest absolute Gasteiger partial charge is 0.244 e. The molecule has 174 valence electrons. The summed E-state index contributed by atoms with van der Waals surface area (Å²) in [5.74, 6) is -0.774. The van der Waals surface area contributed by atoms with Gasteiger partial charge in [0, 0.05) is 20.6 Å². The highest BCUT2D eigenvalue weighted by atomic mass is 127. The number of amides is 2. The summed E-state index contributed by atoms with van der Waals surface area (Å²) >= 11 is 5.55. The van der Waals surface area contributed by atoms with Crippen LogP contribution in [0.4, 0.5) is 5.69 Å². The lowest BCUT2D eigenvalue weighted by Gasteiger charge is -2.32. The van der Waals surface area contributed by atoms with Crippen LogP contribution < -0.4 is 9.62 Å². The minimum absolute atomic E-state index is 0.0907. The number of halogens is 2. The molecule has 0 aliphatic rings. The van der Waals surface area contributed by atoms with Crippen LogP contribution in [0.2, 0.25) is 0 Å². The summed E-state index contributed by atoms with van der Waals surface area (Å²) in [6, 6.07) is 13.4. The summed E-state index contributed by atoms with van der Waals surface area (Å²) in [7, 11) is -3.73. The van der Waals surface area contributed by atoms with E-state index in [4.69, 9.17) is 0 Å². The molecule has 0 radical (unpaired) electrons. The molecule has 2 aromatic carbocycles. The standard InChI is InChI=1S/C22H27BrIN3O4S/c1-15(2)25-22(29)16(3)26(13-17-6-5-7-18(23)12-17)21(28)14-27(32(4,30)31)20-10-8-19(24)9-11-20/h5-12,15-16H,13-14H2,1-4H3,(H,25,29)/t16-/m1/s1. The van der Waals surface area contributed by atoms with Crippen molar-refractivity contribution in [3.8, 4) is 0 Å². The second kappa shape index (κ2) is 11.5. The molecule has 2 rings (SSSR count). The van der Waals surface area contributed by atoms with Crippen LogP contribution in [0.15, 0.2) is 53.0 Å². The van der Waals surface area contributed by atoms with Crippen LogP contribution in [-0.2, 0) is 26.2 Å². The number of hydrogen-bond acceptors (Lipinski definition) is 4. The topological polar surface area (TPSA) is 86.8 Å². The zero-order chi connectivity index (χ0) is 24.1. The van der Waals surface area contributed by atoms with Gasteiger partial charge in [0.2, 0.25) is 21.8 Å². The maximum absolute atomic E-state index is 13.4. The van der Waals surface area contributed by atoms with E-state index in [0.717, 1.165) is 24.2 Å². The van der Waals surface area contributed by atoms with Crippen molar-refractivity contribution >= 4 is 66.0 Å². The molecule has 0 unspecified atom stereocenters. The second-order valence-electron chi connectivity index (χ2n) is 7.74. The van der Waals surface area contributed by atoms with Gasteiger partial charge in [-0.15, -0.1) is 0 Å². The summed E-state index contributed by atoms with van der Waals surface area (Å²) < 4.78 is 27.8. The third-order valence-electron chi connectivity index (χ3n) is 4.63. The van der Waals surface area contributed by atoms with E-state index in [1.54, 1.807) is 31.2 Å². The Morgan fingerprint density at radius 3 is 2.25 bits per heavy atom. The van der Waals surface area contributed by atoms with Crippen molar-refractivity contribution in [3.05, 3.63) is 62.1 Å². The Labute approximate surface area is 211 Å². The van der Waals surface area contributed by atoms with Crippen molar-refractivity contribution in [1.82, 2.24) is 10.2 Å². The van der Waals surface area contributed by atoms with Crippen molar-refractivity contribution in [2.75, 3.05) is 17.1 Å². The van der Waals surface area contributed by atoms with Crippen molar-refractivity contribution in [2.24, 2.45) is 0 Å². The van der Waals surface area contributed by atoms with E-state index in [1.807, 2.05) is 38.1 Å². The Hall–Kier alpha value is -1.66. The highest BCUT2D eigenvalue weighted by Crippen LogP contribution is 2.21.